The lowest BCUT2D eigenvalue weighted by Crippen LogP contribution is -2.34. The summed E-state index contributed by atoms with van der Waals surface area (Å²) in [6.45, 7) is 7.38. The highest BCUT2D eigenvalue weighted by Gasteiger charge is 2.14. The van der Waals surface area contributed by atoms with Crippen LogP contribution >= 0.6 is 0 Å². The van der Waals surface area contributed by atoms with Gasteiger partial charge >= 0.3 is 0 Å². The molecular formula is C22H31NO3. The third kappa shape index (κ3) is 7.56. The fraction of sp³-hybridized carbons (Fsp3) is 0.455. The van der Waals surface area contributed by atoms with Crippen LogP contribution in [0, 0.1) is 5.92 Å². The molecule has 0 heterocycles. The van der Waals surface area contributed by atoms with Crippen LogP contribution in [-0.4, -0.2) is 43.0 Å². The van der Waals surface area contributed by atoms with E-state index in [2.05, 4.69) is 43.0 Å². The molecule has 0 fully saturated rings. The van der Waals surface area contributed by atoms with Crippen LogP contribution < -0.4 is 4.74 Å². The molecule has 1 atom stereocenters. The summed E-state index contributed by atoms with van der Waals surface area (Å²) in [6, 6.07) is 18.4. The molecule has 2 rings (SSSR count). The van der Waals surface area contributed by atoms with Crippen molar-refractivity contribution in [3.05, 3.63) is 65.7 Å². The second-order valence-corrected chi connectivity index (χ2v) is 7.09. The van der Waals surface area contributed by atoms with E-state index < -0.39 is 6.10 Å². The summed E-state index contributed by atoms with van der Waals surface area (Å²) in [5.74, 6) is 1.33. The minimum atomic E-state index is -0.504. The van der Waals surface area contributed by atoms with Crippen LogP contribution in [0.3, 0.4) is 0 Å². The van der Waals surface area contributed by atoms with Gasteiger partial charge in [0, 0.05) is 26.2 Å². The summed E-state index contributed by atoms with van der Waals surface area (Å²) in [5.41, 5.74) is 2.42. The second-order valence-electron chi connectivity index (χ2n) is 7.09. The molecule has 0 amide bonds. The van der Waals surface area contributed by atoms with Crippen LogP contribution in [0.25, 0.3) is 0 Å². The van der Waals surface area contributed by atoms with Gasteiger partial charge in [-0.05, 0) is 29.2 Å². The second kappa shape index (κ2) is 11.0. The Morgan fingerprint density at radius 1 is 0.885 bits per heavy atom. The zero-order valence-corrected chi connectivity index (χ0v) is 16.1. The summed E-state index contributed by atoms with van der Waals surface area (Å²) < 4.78 is 10.8. The van der Waals surface area contributed by atoms with E-state index in [0.717, 1.165) is 18.8 Å². The number of ether oxygens (including phenoxy) is 2. The standard InChI is InChI=1S/C22H31NO3/c1-18(2)16-26-17-21(24)15-23(13-19-7-5-4-6-8-19)14-20-9-11-22(25-3)12-10-20/h4-12,18,21,24H,13-17H2,1-3H3/t21-/m0/s1. The number of benzene rings is 2. The molecule has 0 bridgehead atoms. The van der Waals surface area contributed by atoms with Crippen molar-refractivity contribution in [3.8, 4) is 5.75 Å². The van der Waals surface area contributed by atoms with Gasteiger partial charge in [0.25, 0.3) is 0 Å². The van der Waals surface area contributed by atoms with Crippen LogP contribution in [0.15, 0.2) is 54.6 Å². The van der Waals surface area contributed by atoms with Crippen LogP contribution in [0.2, 0.25) is 0 Å². The van der Waals surface area contributed by atoms with Crippen molar-refractivity contribution < 1.29 is 14.6 Å². The highest BCUT2D eigenvalue weighted by Crippen LogP contribution is 2.15. The number of hydrogen-bond donors (Lipinski definition) is 1. The fourth-order valence-electron chi connectivity index (χ4n) is 2.81. The van der Waals surface area contributed by atoms with E-state index >= 15 is 0 Å². The van der Waals surface area contributed by atoms with Gasteiger partial charge in [-0.15, -0.1) is 0 Å². The van der Waals surface area contributed by atoms with Gasteiger partial charge < -0.3 is 14.6 Å². The molecule has 0 saturated carbocycles. The lowest BCUT2D eigenvalue weighted by molar-refractivity contribution is 0.00554. The van der Waals surface area contributed by atoms with Crippen molar-refractivity contribution in [1.29, 1.82) is 0 Å². The number of aliphatic hydroxyl groups is 1. The summed E-state index contributed by atoms with van der Waals surface area (Å²) in [7, 11) is 1.67. The molecule has 0 aromatic heterocycles. The Bertz CT molecular complexity index is 613. The molecule has 4 nitrogen and oxygen atoms in total. The zero-order chi connectivity index (χ0) is 18.8. The first-order valence-corrected chi connectivity index (χ1v) is 9.22. The third-order valence-electron chi connectivity index (χ3n) is 4.04. The zero-order valence-electron chi connectivity index (χ0n) is 16.1. The van der Waals surface area contributed by atoms with Crippen molar-refractivity contribution >= 4 is 0 Å². The average molecular weight is 357 g/mol. The highest BCUT2D eigenvalue weighted by atomic mass is 16.5. The molecule has 142 valence electrons. The lowest BCUT2D eigenvalue weighted by atomic mass is 10.1. The van der Waals surface area contributed by atoms with E-state index in [1.807, 2.05) is 30.3 Å². The predicted molar refractivity (Wildman–Crippen MR) is 105 cm³/mol. The molecular weight excluding hydrogens is 326 g/mol. The first kappa shape index (κ1) is 20.4. The van der Waals surface area contributed by atoms with E-state index in [4.69, 9.17) is 9.47 Å². The Kier molecular flexibility index (Phi) is 8.62. The van der Waals surface area contributed by atoms with Crippen molar-refractivity contribution in [1.82, 2.24) is 4.90 Å². The van der Waals surface area contributed by atoms with Gasteiger partial charge in [0.1, 0.15) is 5.75 Å². The van der Waals surface area contributed by atoms with Crippen LogP contribution in [0.4, 0.5) is 0 Å². The lowest BCUT2D eigenvalue weighted by Gasteiger charge is -2.25. The van der Waals surface area contributed by atoms with Gasteiger partial charge in [-0.25, -0.2) is 0 Å². The van der Waals surface area contributed by atoms with E-state index in [0.29, 0.717) is 25.7 Å². The number of rotatable bonds is 11. The van der Waals surface area contributed by atoms with E-state index in [-0.39, 0.29) is 0 Å². The molecule has 0 spiro atoms. The average Bonchev–Trinajstić information content (AvgIpc) is 2.63. The van der Waals surface area contributed by atoms with Gasteiger partial charge in [-0.1, -0.05) is 56.3 Å². The SMILES string of the molecule is COc1ccc(CN(Cc2ccccc2)C[C@H](O)COCC(C)C)cc1. The van der Waals surface area contributed by atoms with Crippen LogP contribution in [0.5, 0.6) is 5.75 Å². The van der Waals surface area contributed by atoms with Gasteiger partial charge in [-0.3, -0.25) is 4.90 Å². The van der Waals surface area contributed by atoms with Crippen molar-refractivity contribution in [2.75, 3.05) is 26.9 Å². The molecule has 0 unspecified atom stereocenters. The minimum Gasteiger partial charge on any atom is -0.497 e. The Balaban J connectivity index is 1.98. The Hall–Kier alpha value is -1.88. The van der Waals surface area contributed by atoms with Gasteiger partial charge in [0.2, 0.25) is 0 Å². The number of aliphatic hydroxyl groups excluding tert-OH is 1. The third-order valence-corrected chi connectivity index (χ3v) is 4.04. The Morgan fingerprint density at radius 2 is 1.50 bits per heavy atom. The monoisotopic (exact) mass is 357 g/mol. The minimum absolute atomic E-state index is 0.367. The smallest absolute Gasteiger partial charge is 0.118 e. The van der Waals surface area contributed by atoms with Crippen LogP contribution in [-0.2, 0) is 17.8 Å². The molecule has 0 aliphatic rings. The number of hydrogen-bond acceptors (Lipinski definition) is 4. The summed E-state index contributed by atoms with van der Waals surface area (Å²) in [5, 5.41) is 10.4. The van der Waals surface area contributed by atoms with E-state index in [1.165, 1.54) is 11.1 Å². The summed E-state index contributed by atoms with van der Waals surface area (Å²) in [4.78, 5) is 2.25. The number of nitrogens with zero attached hydrogens (tertiary/aromatic N) is 1. The Labute approximate surface area is 157 Å². The summed E-state index contributed by atoms with van der Waals surface area (Å²) >= 11 is 0. The normalized spacial score (nSPS) is 12.5. The Morgan fingerprint density at radius 3 is 2.08 bits per heavy atom. The molecule has 0 radical (unpaired) electrons. The van der Waals surface area contributed by atoms with Gasteiger partial charge in [0.15, 0.2) is 0 Å². The maximum atomic E-state index is 10.4. The molecule has 4 heteroatoms. The molecule has 1 N–H and O–H groups in total. The molecule has 0 aliphatic carbocycles. The van der Waals surface area contributed by atoms with Gasteiger partial charge in [0.05, 0.1) is 19.8 Å². The maximum absolute atomic E-state index is 10.4. The van der Waals surface area contributed by atoms with Crippen molar-refractivity contribution in [2.24, 2.45) is 5.92 Å². The first-order valence-electron chi connectivity index (χ1n) is 9.22. The summed E-state index contributed by atoms with van der Waals surface area (Å²) in [6.07, 6.45) is -0.504. The van der Waals surface area contributed by atoms with E-state index in [1.54, 1.807) is 7.11 Å². The van der Waals surface area contributed by atoms with Gasteiger partial charge in [-0.2, -0.15) is 0 Å². The van der Waals surface area contributed by atoms with Crippen molar-refractivity contribution in [3.63, 3.8) is 0 Å². The van der Waals surface area contributed by atoms with E-state index in [9.17, 15) is 5.11 Å². The highest BCUT2D eigenvalue weighted by molar-refractivity contribution is 5.27. The quantitative estimate of drug-likeness (QED) is 0.665. The predicted octanol–water partition coefficient (Wildman–Crippen LogP) is 3.73. The fourth-order valence-corrected chi connectivity index (χ4v) is 2.81. The molecule has 2 aromatic rings. The van der Waals surface area contributed by atoms with Crippen molar-refractivity contribution in [2.45, 2.75) is 33.0 Å². The number of methoxy groups -OCH3 is 1. The molecule has 2 aromatic carbocycles. The molecule has 26 heavy (non-hydrogen) atoms. The van der Waals surface area contributed by atoms with Crippen LogP contribution in [0.1, 0.15) is 25.0 Å². The molecule has 0 aliphatic heterocycles. The largest absolute Gasteiger partial charge is 0.497 e. The molecule has 0 saturated heterocycles. The maximum Gasteiger partial charge on any atom is 0.118 e. The first-order chi connectivity index (χ1) is 12.6. The topological polar surface area (TPSA) is 41.9 Å².